The fourth-order valence-corrected chi connectivity index (χ4v) is 2.42. The minimum Gasteiger partial charge on any atom is -0.481 e. The summed E-state index contributed by atoms with van der Waals surface area (Å²) in [4.78, 5) is 22.4. The van der Waals surface area contributed by atoms with E-state index in [-0.39, 0.29) is 23.7 Å². The van der Waals surface area contributed by atoms with E-state index >= 15 is 0 Å². The Balaban J connectivity index is 1.75. The third-order valence-corrected chi connectivity index (χ3v) is 3.72. The molecule has 0 aliphatic carbocycles. The van der Waals surface area contributed by atoms with Crippen LogP contribution in [0.3, 0.4) is 0 Å². The first-order valence-electron chi connectivity index (χ1n) is 6.25. The van der Waals surface area contributed by atoms with Gasteiger partial charge in [-0.3, -0.25) is 9.59 Å². The number of hydrogen-bond donors (Lipinski definition) is 1. The van der Waals surface area contributed by atoms with Gasteiger partial charge in [-0.1, -0.05) is 11.8 Å². The quantitative estimate of drug-likeness (QED) is 0.439. The first-order valence-corrected chi connectivity index (χ1v) is 7.23. The van der Waals surface area contributed by atoms with E-state index in [9.17, 15) is 9.59 Å². The molecule has 0 radical (unpaired) electrons. The molecule has 0 aliphatic rings. The van der Waals surface area contributed by atoms with Gasteiger partial charge >= 0.3 is 5.97 Å². The van der Waals surface area contributed by atoms with Gasteiger partial charge < -0.3 is 9.52 Å². The molecule has 2 rings (SSSR count). The lowest BCUT2D eigenvalue weighted by molar-refractivity contribution is -0.136. The molecule has 2 heterocycles. The number of ketones is 1. The van der Waals surface area contributed by atoms with Crippen LogP contribution in [0.2, 0.25) is 0 Å². The van der Waals surface area contributed by atoms with Crippen LogP contribution >= 0.6 is 11.8 Å². The highest BCUT2D eigenvalue weighted by atomic mass is 32.2. The summed E-state index contributed by atoms with van der Waals surface area (Å²) in [6.07, 6.45) is 0.770. The number of aliphatic carboxylic acids is 1. The van der Waals surface area contributed by atoms with Gasteiger partial charge in [-0.2, -0.15) is 0 Å². The summed E-state index contributed by atoms with van der Waals surface area (Å²) in [5.74, 6) is 0.0742. The molecule has 112 valence electrons. The van der Waals surface area contributed by atoms with E-state index in [2.05, 4.69) is 15.5 Å². The van der Waals surface area contributed by atoms with Crippen LogP contribution < -0.4 is 0 Å². The second kappa shape index (κ2) is 7.02. The van der Waals surface area contributed by atoms with Crippen molar-refractivity contribution < 1.29 is 19.1 Å². The molecule has 2 aromatic rings. The Morgan fingerprint density at radius 2 is 2.24 bits per heavy atom. The molecule has 0 spiro atoms. The fourth-order valence-electron chi connectivity index (χ4n) is 1.63. The number of carbonyl (C=O) groups is 2. The van der Waals surface area contributed by atoms with Gasteiger partial charge in [-0.15, -0.1) is 5.10 Å². The lowest BCUT2D eigenvalue weighted by Gasteiger charge is -1.99. The maximum absolute atomic E-state index is 11.9. The summed E-state index contributed by atoms with van der Waals surface area (Å²) in [5, 5.41) is 20.4. The predicted octanol–water partition coefficient (Wildman–Crippen LogP) is 1.19. The topological polar surface area (TPSA) is 111 Å². The molecule has 2 aromatic heterocycles. The van der Waals surface area contributed by atoms with Gasteiger partial charge in [0, 0.05) is 19.2 Å². The Bertz CT molecular complexity index is 637. The molecule has 1 N–H and O–H groups in total. The maximum atomic E-state index is 11.9. The van der Waals surface area contributed by atoms with Crippen molar-refractivity contribution in [2.45, 2.75) is 24.4 Å². The Morgan fingerprint density at radius 1 is 1.43 bits per heavy atom. The third kappa shape index (κ3) is 4.42. The summed E-state index contributed by atoms with van der Waals surface area (Å²) in [7, 11) is 1.75. The van der Waals surface area contributed by atoms with Crippen LogP contribution in [0, 0.1) is 0 Å². The lowest BCUT2D eigenvalue weighted by Crippen LogP contribution is -2.00. The highest BCUT2D eigenvalue weighted by Crippen LogP contribution is 2.16. The number of carboxylic acid groups (broad SMARTS) is 1. The molecule has 21 heavy (non-hydrogen) atoms. The van der Waals surface area contributed by atoms with E-state index in [0.29, 0.717) is 23.8 Å². The van der Waals surface area contributed by atoms with E-state index in [1.807, 2.05) is 0 Å². The van der Waals surface area contributed by atoms with Crippen molar-refractivity contribution in [1.29, 1.82) is 0 Å². The number of hydrogen-bond acceptors (Lipinski definition) is 7. The number of furan rings is 1. The van der Waals surface area contributed by atoms with E-state index in [1.165, 1.54) is 23.9 Å². The second-order valence-electron chi connectivity index (χ2n) is 4.30. The minimum atomic E-state index is -0.989. The van der Waals surface area contributed by atoms with Gasteiger partial charge in [0.2, 0.25) is 5.16 Å². The zero-order valence-electron chi connectivity index (χ0n) is 11.4. The molecule has 0 amide bonds. The number of tetrazole rings is 1. The first-order chi connectivity index (χ1) is 10.1. The Morgan fingerprint density at radius 3 is 2.90 bits per heavy atom. The van der Waals surface area contributed by atoms with Crippen LogP contribution in [0.1, 0.15) is 29.2 Å². The standard InChI is InChI=1S/C12H14N4O4S/c1-16-12(13-14-15-16)21-6-2-3-9(17)10-5-4-8(20-10)7-11(18)19/h4-5H,2-3,6-7H2,1H3,(H,18,19). The SMILES string of the molecule is Cn1nnnc1SCCCC(=O)c1ccc(CC(=O)O)o1. The van der Waals surface area contributed by atoms with Crippen molar-refractivity contribution in [3.63, 3.8) is 0 Å². The van der Waals surface area contributed by atoms with Gasteiger partial charge in [0.1, 0.15) is 12.2 Å². The normalized spacial score (nSPS) is 10.7. The number of carbonyl (C=O) groups excluding carboxylic acids is 1. The first kappa shape index (κ1) is 15.2. The highest BCUT2D eigenvalue weighted by molar-refractivity contribution is 7.99. The van der Waals surface area contributed by atoms with Crippen molar-refractivity contribution >= 4 is 23.5 Å². The van der Waals surface area contributed by atoms with Crippen molar-refractivity contribution in [3.8, 4) is 0 Å². The summed E-state index contributed by atoms with van der Waals surface area (Å²) in [5.41, 5.74) is 0. The molecule has 0 unspecified atom stereocenters. The van der Waals surface area contributed by atoms with Crippen LogP contribution in [0.15, 0.2) is 21.7 Å². The number of rotatable bonds is 8. The van der Waals surface area contributed by atoms with Gasteiger partial charge in [-0.05, 0) is 29.0 Å². The minimum absolute atomic E-state index is 0.136. The monoisotopic (exact) mass is 310 g/mol. The zero-order valence-corrected chi connectivity index (χ0v) is 12.2. The Labute approximate surface area is 124 Å². The van der Waals surface area contributed by atoms with Crippen LogP contribution in [-0.4, -0.2) is 42.8 Å². The summed E-state index contributed by atoms with van der Waals surface area (Å²) in [6, 6.07) is 3.03. The van der Waals surface area contributed by atoms with E-state index in [0.717, 1.165) is 0 Å². The van der Waals surface area contributed by atoms with Crippen LogP contribution in [0.5, 0.6) is 0 Å². The van der Waals surface area contributed by atoms with Gasteiger partial charge in [0.05, 0.1) is 0 Å². The van der Waals surface area contributed by atoms with Crippen LogP contribution in [0.25, 0.3) is 0 Å². The maximum Gasteiger partial charge on any atom is 0.311 e. The van der Waals surface area contributed by atoms with Crippen molar-refractivity contribution in [2.75, 3.05) is 5.75 Å². The molecular weight excluding hydrogens is 296 g/mol. The van der Waals surface area contributed by atoms with E-state index in [1.54, 1.807) is 11.7 Å². The largest absolute Gasteiger partial charge is 0.481 e. The average Bonchev–Trinajstić information content (AvgIpc) is 3.03. The number of thioether (sulfide) groups is 1. The smallest absolute Gasteiger partial charge is 0.311 e. The van der Waals surface area contributed by atoms with Gasteiger partial charge in [0.25, 0.3) is 0 Å². The van der Waals surface area contributed by atoms with Crippen LogP contribution in [0.4, 0.5) is 0 Å². The third-order valence-electron chi connectivity index (χ3n) is 2.62. The summed E-state index contributed by atoms with van der Waals surface area (Å²) < 4.78 is 6.77. The molecule has 0 fully saturated rings. The van der Waals surface area contributed by atoms with E-state index in [4.69, 9.17) is 9.52 Å². The molecule has 9 heteroatoms. The molecule has 0 aromatic carbocycles. The molecule has 0 saturated carbocycles. The Kier molecular flexibility index (Phi) is 5.09. The van der Waals surface area contributed by atoms with E-state index < -0.39 is 5.97 Å². The molecular formula is C12H14N4O4S. The molecule has 0 atom stereocenters. The number of aryl methyl sites for hydroxylation is 1. The van der Waals surface area contributed by atoms with Gasteiger partial charge in [0.15, 0.2) is 11.5 Å². The predicted molar refractivity (Wildman–Crippen MR) is 73.1 cm³/mol. The Hall–Kier alpha value is -2.16. The van der Waals surface area contributed by atoms with Crippen molar-refractivity contribution in [2.24, 2.45) is 7.05 Å². The number of carboxylic acids is 1. The number of nitrogens with zero attached hydrogens (tertiary/aromatic N) is 4. The lowest BCUT2D eigenvalue weighted by atomic mass is 10.2. The fraction of sp³-hybridized carbons (Fsp3) is 0.417. The van der Waals surface area contributed by atoms with Crippen molar-refractivity contribution in [1.82, 2.24) is 20.2 Å². The molecule has 0 saturated heterocycles. The molecule has 0 bridgehead atoms. The average molecular weight is 310 g/mol. The molecule has 0 aliphatic heterocycles. The highest BCUT2D eigenvalue weighted by Gasteiger charge is 2.13. The second-order valence-corrected chi connectivity index (χ2v) is 5.36. The zero-order chi connectivity index (χ0) is 15.2. The van der Waals surface area contributed by atoms with Crippen molar-refractivity contribution in [3.05, 3.63) is 23.7 Å². The summed E-state index contributed by atoms with van der Waals surface area (Å²) >= 11 is 1.47. The van der Waals surface area contributed by atoms with Crippen LogP contribution in [-0.2, 0) is 18.3 Å². The summed E-state index contributed by atoms with van der Waals surface area (Å²) in [6.45, 7) is 0. The molecule has 8 nitrogen and oxygen atoms in total. The number of aromatic nitrogens is 4. The number of Topliss-reactive ketones (excluding diaryl/α,β-unsaturated/α-hetero) is 1. The van der Waals surface area contributed by atoms with Gasteiger partial charge in [-0.25, -0.2) is 4.68 Å².